The molecule has 0 saturated heterocycles. The third-order valence-electron chi connectivity index (χ3n) is 2.13. The van der Waals surface area contributed by atoms with Crippen LogP contribution in [0.15, 0.2) is 0 Å². The zero-order valence-electron chi connectivity index (χ0n) is 10.0. The fraction of sp³-hybridized carbons (Fsp3) is 1.00. The van der Waals surface area contributed by atoms with E-state index in [2.05, 4.69) is 0 Å². The SMILES string of the molecule is CC(C)CC(OP(=O)(O)CCO)C(C)C. The van der Waals surface area contributed by atoms with Crippen LogP contribution in [0.2, 0.25) is 0 Å². The van der Waals surface area contributed by atoms with E-state index in [-0.39, 0.29) is 24.8 Å². The molecule has 0 bridgehead atoms. The van der Waals surface area contributed by atoms with Crippen molar-refractivity contribution in [3.8, 4) is 0 Å². The first-order valence-electron chi connectivity index (χ1n) is 5.39. The fourth-order valence-corrected chi connectivity index (χ4v) is 2.40. The molecule has 2 unspecified atom stereocenters. The van der Waals surface area contributed by atoms with Crippen LogP contribution in [0.1, 0.15) is 34.1 Å². The first-order chi connectivity index (χ1) is 6.78. The summed E-state index contributed by atoms with van der Waals surface area (Å²) in [5.74, 6) is 0.623. The maximum Gasteiger partial charge on any atom is 0.330 e. The van der Waals surface area contributed by atoms with Crippen LogP contribution in [0.4, 0.5) is 0 Å². The fourth-order valence-electron chi connectivity index (χ4n) is 1.29. The molecule has 0 heterocycles. The van der Waals surface area contributed by atoms with Gasteiger partial charge in [-0.1, -0.05) is 27.7 Å². The van der Waals surface area contributed by atoms with E-state index in [1.165, 1.54) is 0 Å². The topological polar surface area (TPSA) is 66.8 Å². The standard InChI is InChI=1S/C10H23O4P/c1-8(2)7-10(9(3)4)14-15(12,13)6-5-11/h8-11H,5-7H2,1-4H3,(H,12,13). The Bertz CT molecular complexity index is 215. The Morgan fingerprint density at radius 2 is 1.80 bits per heavy atom. The minimum atomic E-state index is -3.61. The van der Waals surface area contributed by atoms with E-state index in [1.807, 2.05) is 27.7 Å². The molecule has 15 heavy (non-hydrogen) atoms. The van der Waals surface area contributed by atoms with Gasteiger partial charge in [0.05, 0.1) is 18.9 Å². The van der Waals surface area contributed by atoms with Crippen molar-refractivity contribution >= 4 is 7.60 Å². The second kappa shape index (κ2) is 6.64. The molecule has 4 nitrogen and oxygen atoms in total. The lowest BCUT2D eigenvalue weighted by Crippen LogP contribution is -2.21. The molecule has 92 valence electrons. The minimum Gasteiger partial charge on any atom is -0.396 e. The van der Waals surface area contributed by atoms with Crippen molar-refractivity contribution in [3.05, 3.63) is 0 Å². The molecule has 0 radical (unpaired) electrons. The van der Waals surface area contributed by atoms with Crippen LogP contribution in [0.25, 0.3) is 0 Å². The van der Waals surface area contributed by atoms with Gasteiger partial charge in [0.15, 0.2) is 0 Å². The van der Waals surface area contributed by atoms with Crippen LogP contribution in [-0.2, 0) is 9.09 Å². The highest BCUT2D eigenvalue weighted by Gasteiger charge is 2.26. The van der Waals surface area contributed by atoms with Gasteiger partial charge in [0.1, 0.15) is 0 Å². The van der Waals surface area contributed by atoms with Crippen LogP contribution < -0.4 is 0 Å². The quantitative estimate of drug-likeness (QED) is 0.667. The summed E-state index contributed by atoms with van der Waals surface area (Å²) in [6.45, 7) is 7.71. The minimum absolute atomic E-state index is 0.186. The van der Waals surface area contributed by atoms with Gasteiger partial charge in [-0.2, -0.15) is 0 Å². The number of aliphatic hydroxyl groups is 1. The van der Waals surface area contributed by atoms with E-state index >= 15 is 0 Å². The summed E-state index contributed by atoms with van der Waals surface area (Å²) in [6, 6.07) is 0. The molecule has 0 saturated carbocycles. The molecule has 0 aliphatic heterocycles. The smallest absolute Gasteiger partial charge is 0.330 e. The van der Waals surface area contributed by atoms with Crippen molar-refractivity contribution in [2.24, 2.45) is 11.8 Å². The van der Waals surface area contributed by atoms with Gasteiger partial charge >= 0.3 is 7.60 Å². The summed E-state index contributed by atoms with van der Waals surface area (Å²) in [6.07, 6.45) is 0.356. The molecule has 0 aliphatic rings. The van der Waals surface area contributed by atoms with Gasteiger partial charge in [0.2, 0.25) is 0 Å². The van der Waals surface area contributed by atoms with Gasteiger partial charge in [-0.05, 0) is 18.3 Å². The predicted molar refractivity (Wildman–Crippen MR) is 60.9 cm³/mol. The maximum absolute atomic E-state index is 11.5. The zero-order chi connectivity index (χ0) is 12.1. The van der Waals surface area contributed by atoms with Gasteiger partial charge in [-0.3, -0.25) is 4.57 Å². The molecular formula is C10H23O4P. The maximum atomic E-state index is 11.5. The van der Waals surface area contributed by atoms with Crippen LogP contribution in [0.3, 0.4) is 0 Å². The summed E-state index contributed by atoms with van der Waals surface area (Å²) in [5.41, 5.74) is 0. The lowest BCUT2D eigenvalue weighted by atomic mass is 9.98. The molecule has 0 aliphatic carbocycles. The van der Waals surface area contributed by atoms with Crippen LogP contribution in [0.5, 0.6) is 0 Å². The molecule has 2 atom stereocenters. The molecule has 5 heteroatoms. The second-order valence-corrected chi connectivity index (χ2v) is 6.54. The Hall–Kier alpha value is 0.110. The van der Waals surface area contributed by atoms with Gasteiger partial charge in [-0.15, -0.1) is 0 Å². The summed E-state index contributed by atoms with van der Waals surface area (Å²) in [7, 11) is -3.61. The summed E-state index contributed by atoms with van der Waals surface area (Å²) < 4.78 is 16.7. The van der Waals surface area contributed by atoms with Gasteiger partial charge in [-0.25, -0.2) is 0 Å². The Morgan fingerprint density at radius 3 is 2.13 bits per heavy atom. The van der Waals surface area contributed by atoms with E-state index in [1.54, 1.807) is 0 Å². The van der Waals surface area contributed by atoms with Crippen molar-refractivity contribution in [3.63, 3.8) is 0 Å². The molecule has 2 N–H and O–H groups in total. The normalized spacial score (nSPS) is 18.1. The predicted octanol–water partition coefficient (Wildman–Crippen LogP) is 2.25. The van der Waals surface area contributed by atoms with E-state index < -0.39 is 7.60 Å². The highest BCUT2D eigenvalue weighted by atomic mass is 31.2. The molecule has 0 aromatic heterocycles. The number of rotatable bonds is 7. The number of hydrogen-bond acceptors (Lipinski definition) is 3. The van der Waals surface area contributed by atoms with Crippen molar-refractivity contribution < 1.29 is 19.1 Å². The molecule has 0 spiro atoms. The zero-order valence-corrected chi connectivity index (χ0v) is 10.9. The third-order valence-corrected chi connectivity index (χ3v) is 3.50. The van der Waals surface area contributed by atoms with Crippen LogP contribution >= 0.6 is 7.60 Å². The monoisotopic (exact) mass is 238 g/mol. The van der Waals surface area contributed by atoms with E-state index in [4.69, 9.17) is 9.63 Å². The van der Waals surface area contributed by atoms with Gasteiger partial charge in [0.25, 0.3) is 0 Å². The van der Waals surface area contributed by atoms with Crippen molar-refractivity contribution in [1.29, 1.82) is 0 Å². The summed E-state index contributed by atoms with van der Waals surface area (Å²) in [4.78, 5) is 9.42. The number of aliphatic hydroxyl groups excluding tert-OH is 1. The van der Waals surface area contributed by atoms with Crippen LogP contribution in [-0.4, -0.2) is 28.9 Å². The second-order valence-electron chi connectivity index (χ2n) is 4.60. The lowest BCUT2D eigenvalue weighted by Gasteiger charge is -2.25. The van der Waals surface area contributed by atoms with Crippen molar-refractivity contribution in [2.45, 2.75) is 40.2 Å². The van der Waals surface area contributed by atoms with Crippen molar-refractivity contribution in [2.75, 3.05) is 12.8 Å². The molecular weight excluding hydrogens is 215 g/mol. The summed E-state index contributed by atoms with van der Waals surface area (Å²) in [5, 5.41) is 8.62. The highest BCUT2D eigenvalue weighted by Crippen LogP contribution is 2.44. The molecule has 0 rings (SSSR count). The molecule has 0 aromatic carbocycles. The van der Waals surface area contributed by atoms with Gasteiger partial charge < -0.3 is 14.5 Å². The molecule has 0 aromatic rings. The Labute approximate surface area is 92.2 Å². The Kier molecular flexibility index (Phi) is 6.69. The average molecular weight is 238 g/mol. The number of hydrogen-bond donors (Lipinski definition) is 2. The third kappa shape index (κ3) is 7.07. The average Bonchev–Trinajstić information content (AvgIpc) is 2.00. The van der Waals surface area contributed by atoms with E-state index in [0.717, 1.165) is 6.42 Å². The Balaban J connectivity index is 4.34. The van der Waals surface area contributed by atoms with E-state index in [0.29, 0.717) is 5.92 Å². The lowest BCUT2D eigenvalue weighted by molar-refractivity contribution is 0.109. The van der Waals surface area contributed by atoms with E-state index in [9.17, 15) is 9.46 Å². The first-order valence-corrected chi connectivity index (χ1v) is 7.16. The Morgan fingerprint density at radius 1 is 1.27 bits per heavy atom. The van der Waals surface area contributed by atoms with Gasteiger partial charge in [0, 0.05) is 0 Å². The molecule has 0 amide bonds. The largest absolute Gasteiger partial charge is 0.396 e. The van der Waals surface area contributed by atoms with Crippen molar-refractivity contribution in [1.82, 2.24) is 0 Å². The summed E-state index contributed by atoms with van der Waals surface area (Å²) >= 11 is 0. The van der Waals surface area contributed by atoms with Crippen LogP contribution in [0, 0.1) is 11.8 Å². The highest BCUT2D eigenvalue weighted by molar-refractivity contribution is 7.52. The first kappa shape index (κ1) is 15.1. The molecule has 0 fully saturated rings.